The van der Waals surface area contributed by atoms with E-state index in [4.69, 9.17) is 4.84 Å². The number of aromatic hydroxyl groups is 2. The number of amides is 4. The van der Waals surface area contributed by atoms with Gasteiger partial charge in [0, 0.05) is 74.3 Å². The molecule has 0 fully saturated rings. The number of allylic oxidation sites excluding steroid dienone is 2. The number of unbranched alkanes of at least 4 members (excludes halogenated alkanes) is 4. The molecule has 362 valence electrons. The lowest BCUT2D eigenvalue weighted by Crippen LogP contribution is -2.54. The number of hydrogen-bond donors (Lipinski definition) is 6. The second-order valence-corrected chi connectivity index (χ2v) is 19.4. The Bertz CT molecular complexity index is 2210. The average molecular weight is 938 g/mol. The number of aryl methyl sites for hydroxylation is 2. The van der Waals surface area contributed by atoms with Crippen molar-refractivity contribution in [1.29, 1.82) is 0 Å². The molecule has 0 spiro atoms. The van der Waals surface area contributed by atoms with Gasteiger partial charge >= 0.3 is 19.0 Å². The van der Waals surface area contributed by atoms with Crippen molar-refractivity contribution in [2.75, 3.05) is 60.1 Å². The Morgan fingerprint density at radius 1 is 0.908 bits per heavy atom. The Morgan fingerprint density at radius 2 is 1.58 bits per heavy atom. The molecule has 2 aromatic heterocycles. The summed E-state index contributed by atoms with van der Waals surface area (Å²) in [6.07, 6.45) is 10.7. The second kappa shape index (κ2) is 23.4. The summed E-state index contributed by atoms with van der Waals surface area (Å²) < 4.78 is 70.9. The van der Waals surface area contributed by atoms with Crippen LogP contribution in [0.2, 0.25) is 0 Å². The Morgan fingerprint density at radius 3 is 2.23 bits per heavy atom. The zero-order valence-electron chi connectivity index (χ0n) is 38.6. The number of imide groups is 1. The summed E-state index contributed by atoms with van der Waals surface area (Å²) in [6, 6.07) is 1.29. The number of rotatable bonds is 27. The predicted octanol–water partition coefficient (Wildman–Crippen LogP) is 3.97. The van der Waals surface area contributed by atoms with Crippen LogP contribution in [0.3, 0.4) is 0 Å². The number of hydrogen-bond acceptors (Lipinski definition) is 10. The first-order valence-corrected chi connectivity index (χ1v) is 24.1. The highest BCUT2D eigenvalue weighted by Gasteiger charge is 2.54. The molecular weight excluding hydrogens is 869 g/mol. The maximum Gasteiger partial charge on any atom is 0.737 e. The maximum absolute atomic E-state index is 17.1. The van der Waals surface area contributed by atoms with Crippen LogP contribution >= 0.6 is 0 Å². The molecule has 2 aliphatic heterocycles. The molecular formula is C43H68BF2N8O10S+. The number of nitrogens with one attached hydrogen (secondary N) is 3. The average Bonchev–Trinajstić information content (AvgIpc) is 3.86. The fourth-order valence-corrected chi connectivity index (χ4v) is 8.62. The van der Waals surface area contributed by atoms with Gasteiger partial charge in [-0.25, -0.2) is 9.59 Å². The summed E-state index contributed by atoms with van der Waals surface area (Å²) in [5.41, 5.74) is 3.38. The maximum atomic E-state index is 17.1. The van der Waals surface area contributed by atoms with Crippen LogP contribution in [0.25, 0.3) is 6.08 Å². The van der Waals surface area contributed by atoms with Gasteiger partial charge in [-0.1, -0.05) is 33.1 Å². The lowest BCUT2D eigenvalue weighted by atomic mass is 9.88. The van der Waals surface area contributed by atoms with E-state index < -0.39 is 64.5 Å². The van der Waals surface area contributed by atoms with E-state index >= 15 is 8.63 Å². The van der Waals surface area contributed by atoms with Crippen molar-refractivity contribution < 1.29 is 64.8 Å². The molecule has 0 saturated carbocycles. The number of likely N-dealkylation sites (N-methyl/N-ethyl adjacent to an activating group) is 1. The summed E-state index contributed by atoms with van der Waals surface area (Å²) in [5.74, 6) is -4.44. The molecule has 0 bridgehead atoms. The van der Waals surface area contributed by atoms with E-state index in [-0.39, 0.29) is 31.5 Å². The van der Waals surface area contributed by atoms with Crippen LogP contribution < -0.4 is 20.8 Å². The van der Waals surface area contributed by atoms with E-state index in [0.29, 0.717) is 77.9 Å². The first kappa shape index (κ1) is 52.6. The van der Waals surface area contributed by atoms with Gasteiger partial charge in [0.25, 0.3) is 10.1 Å². The smallest absolute Gasteiger partial charge is 0.492 e. The van der Waals surface area contributed by atoms with Crippen molar-refractivity contribution in [2.45, 2.75) is 110 Å². The zero-order valence-corrected chi connectivity index (χ0v) is 39.4. The number of quaternary nitrogens is 1. The Labute approximate surface area is 380 Å². The van der Waals surface area contributed by atoms with Crippen molar-refractivity contribution in [2.24, 2.45) is 0 Å². The highest BCUT2D eigenvalue weighted by molar-refractivity contribution is 7.85. The largest absolute Gasteiger partial charge is 0.737 e. The van der Waals surface area contributed by atoms with E-state index in [1.54, 1.807) is 13.1 Å². The molecule has 4 rings (SSSR count). The number of carbonyl (C=O) groups is 4. The zero-order chi connectivity index (χ0) is 48.1. The molecule has 18 nitrogen and oxygen atoms in total. The molecule has 0 aromatic carbocycles. The van der Waals surface area contributed by atoms with Gasteiger partial charge < -0.3 is 52.7 Å². The standard InChI is InChI=1S/C43H67BF2N8O10S/c1-7-9-15-31-27-33(17-14-26-54(4,5)6)51-36(31)29-37-32(16-10-8-2)28-34(52(37)44(51,45)46)19-20-38(55)49-43(60)48-35(30-65(61,62)63)42(59)47-23-25-50(3)24-13-11-12-18-41(58)64-53-39(56)21-22-40(53)57/h21-22,27-29,35H,7-20,23-26,30H2,1-6H3,(H5-,47,48,49,55,56,57,59,60,61,62,63)/p+1. The molecule has 1 unspecified atom stereocenters. The van der Waals surface area contributed by atoms with Crippen LogP contribution in [-0.2, 0) is 37.3 Å². The third-order valence-corrected chi connectivity index (χ3v) is 12.1. The highest BCUT2D eigenvalue weighted by atomic mass is 32.2. The van der Waals surface area contributed by atoms with E-state index in [0.717, 1.165) is 54.3 Å². The summed E-state index contributed by atoms with van der Waals surface area (Å²) >= 11 is 0. The van der Waals surface area contributed by atoms with Crippen LogP contribution in [0.4, 0.5) is 13.4 Å². The van der Waals surface area contributed by atoms with Crippen LogP contribution in [-0.4, -0.2) is 149 Å². The van der Waals surface area contributed by atoms with Gasteiger partial charge in [0.05, 0.1) is 27.7 Å². The van der Waals surface area contributed by atoms with Gasteiger partial charge in [0.15, 0.2) is 5.70 Å². The van der Waals surface area contributed by atoms with E-state index in [1.807, 2.05) is 24.0 Å². The van der Waals surface area contributed by atoms with Gasteiger partial charge in [0.1, 0.15) is 17.5 Å². The number of nitrogens with zero attached hydrogens (tertiary/aromatic N) is 5. The number of carbonyl (C=O) groups excluding carboxylic acids is 4. The molecule has 4 heterocycles. The number of aromatic nitrogens is 2. The van der Waals surface area contributed by atoms with Gasteiger partial charge in [-0.2, -0.15) is 8.42 Å². The second-order valence-electron chi connectivity index (χ2n) is 17.9. The molecule has 0 aliphatic carbocycles. The van der Waals surface area contributed by atoms with Crippen molar-refractivity contribution in [3.05, 3.63) is 52.5 Å². The van der Waals surface area contributed by atoms with Gasteiger partial charge in [-0.15, -0.1) is 4.73 Å². The summed E-state index contributed by atoms with van der Waals surface area (Å²) in [6.45, 7) is 1.44. The summed E-state index contributed by atoms with van der Waals surface area (Å²) in [7, 11) is 3.19. The Balaban J connectivity index is 1.34. The quantitative estimate of drug-likeness (QED) is 0.0326. The van der Waals surface area contributed by atoms with Crippen molar-refractivity contribution >= 4 is 52.7 Å². The first-order valence-electron chi connectivity index (χ1n) is 22.5. The van der Waals surface area contributed by atoms with Gasteiger partial charge in [-0.05, 0) is 75.9 Å². The molecule has 0 radical (unpaired) electrons. The number of fused-ring (bicyclic) bond motifs is 2. The summed E-state index contributed by atoms with van der Waals surface area (Å²) in [4.78, 5) is 57.9. The monoisotopic (exact) mass is 937 g/mol. The third kappa shape index (κ3) is 15.5. The molecule has 2 aromatic rings. The topological polar surface area (TPSA) is 225 Å². The van der Waals surface area contributed by atoms with E-state index in [1.165, 1.54) is 16.6 Å². The normalized spacial score (nSPS) is 15.0. The molecule has 0 saturated heterocycles. The minimum atomic E-state index is -4.77. The van der Waals surface area contributed by atoms with Crippen LogP contribution in [0, 0.1) is 0 Å². The first-order chi connectivity index (χ1) is 30.5. The predicted molar refractivity (Wildman–Crippen MR) is 243 cm³/mol. The Hall–Kier alpha value is -5.06. The van der Waals surface area contributed by atoms with E-state index in [2.05, 4.69) is 44.0 Å². The van der Waals surface area contributed by atoms with Crippen LogP contribution in [0.1, 0.15) is 108 Å². The summed E-state index contributed by atoms with van der Waals surface area (Å²) in [5, 5.41) is 25.9. The van der Waals surface area contributed by atoms with E-state index in [9.17, 15) is 42.4 Å². The van der Waals surface area contributed by atoms with Crippen molar-refractivity contribution in [1.82, 2.24) is 30.1 Å². The minimum absolute atomic E-state index is 0.0312. The fourth-order valence-electron chi connectivity index (χ4n) is 7.96. The van der Waals surface area contributed by atoms with Crippen molar-refractivity contribution in [3.63, 3.8) is 0 Å². The van der Waals surface area contributed by atoms with Crippen molar-refractivity contribution in [3.8, 4) is 11.8 Å². The fraction of sp³-hybridized carbons (Fsp3) is 0.605. The Kier molecular flexibility index (Phi) is 18.9. The lowest BCUT2D eigenvalue weighted by Gasteiger charge is -2.32. The number of halogens is 2. The molecule has 22 heteroatoms. The molecule has 6 N–H and O–H groups in total. The minimum Gasteiger partial charge on any atom is -0.492 e. The molecule has 2 aliphatic rings. The lowest BCUT2D eigenvalue weighted by molar-refractivity contribution is -0.870. The number of urea groups is 1. The van der Waals surface area contributed by atoms with Gasteiger partial charge in [-0.3, -0.25) is 19.5 Å². The van der Waals surface area contributed by atoms with Crippen LogP contribution in [0.15, 0.2) is 35.5 Å². The molecule has 4 amide bonds. The van der Waals surface area contributed by atoms with Gasteiger partial charge in [0.2, 0.25) is 23.6 Å². The molecule has 65 heavy (non-hydrogen) atoms. The third-order valence-electron chi connectivity index (χ3n) is 11.3. The SMILES string of the molecule is CCCCC1=CC(CCC(=O)NC(=O)NC(CS(=O)(=O)O)C(=O)NCCN(C)CCCCCC(=O)On2c(O)ccc2O)=[N+]2C1=Cc1c(CCCC)cc(CCC[N+](C)(C)C)n1[B-]2(F)F. The molecule has 1 atom stereocenters. The van der Waals surface area contributed by atoms with Crippen LogP contribution in [0.5, 0.6) is 11.8 Å². The highest BCUT2D eigenvalue weighted by Crippen LogP contribution is 2.40.